The standard InChI is InChI=1S/C25H34N6O2/c1-19-8-12-30(13-9-19)24-21-7-3-2-6-20(21)23(26-27-24)25(33)31-16-14-28(15-17-31)18-22(32)29-10-4-5-11-29/h2-3,6-7,19H,4-5,8-18H2,1H3. The zero-order chi connectivity index (χ0) is 22.8. The van der Waals surface area contributed by atoms with Crippen LogP contribution in [0.5, 0.6) is 0 Å². The molecule has 0 bridgehead atoms. The number of amides is 2. The molecule has 5 rings (SSSR count). The molecule has 176 valence electrons. The summed E-state index contributed by atoms with van der Waals surface area (Å²) in [6.07, 6.45) is 4.53. The Morgan fingerprint density at radius 2 is 1.52 bits per heavy atom. The Balaban J connectivity index is 1.27. The lowest BCUT2D eigenvalue weighted by molar-refractivity contribution is -0.131. The van der Waals surface area contributed by atoms with Crippen LogP contribution in [-0.2, 0) is 4.79 Å². The van der Waals surface area contributed by atoms with Crippen molar-refractivity contribution in [1.82, 2.24) is 24.9 Å². The summed E-state index contributed by atoms with van der Waals surface area (Å²) in [7, 11) is 0. The van der Waals surface area contributed by atoms with Crippen LogP contribution in [0.1, 0.15) is 43.1 Å². The highest BCUT2D eigenvalue weighted by molar-refractivity contribution is 6.07. The van der Waals surface area contributed by atoms with Crippen LogP contribution in [-0.4, -0.2) is 95.6 Å². The number of hydrogen-bond donors (Lipinski definition) is 0. The summed E-state index contributed by atoms with van der Waals surface area (Å²) in [5, 5.41) is 10.8. The minimum Gasteiger partial charge on any atom is -0.355 e. The number of benzene rings is 1. The van der Waals surface area contributed by atoms with Gasteiger partial charge in [-0.3, -0.25) is 14.5 Å². The lowest BCUT2D eigenvalue weighted by Gasteiger charge is -2.35. The van der Waals surface area contributed by atoms with E-state index in [0.717, 1.165) is 74.4 Å². The van der Waals surface area contributed by atoms with Gasteiger partial charge in [0.05, 0.1) is 6.54 Å². The quantitative estimate of drug-likeness (QED) is 0.712. The zero-order valence-corrected chi connectivity index (χ0v) is 19.6. The van der Waals surface area contributed by atoms with Gasteiger partial charge in [0.2, 0.25) is 5.91 Å². The SMILES string of the molecule is CC1CCN(c2nnc(C(=O)N3CCN(CC(=O)N4CCCC4)CC3)c3ccccc23)CC1. The number of hydrogen-bond acceptors (Lipinski definition) is 6. The molecule has 0 spiro atoms. The molecule has 0 unspecified atom stereocenters. The summed E-state index contributed by atoms with van der Waals surface area (Å²) < 4.78 is 0. The van der Waals surface area contributed by atoms with Gasteiger partial charge in [-0.2, -0.15) is 0 Å². The lowest BCUT2D eigenvalue weighted by Crippen LogP contribution is -2.51. The van der Waals surface area contributed by atoms with Gasteiger partial charge in [-0.1, -0.05) is 31.2 Å². The van der Waals surface area contributed by atoms with Gasteiger partial charge in [0.15, 0.2) is 11.5 Å². The fraction of sp³-hybridized carbons (Fsp3) is 0.600. The van der Waals surface area contributed by atoms with E-state index in [2.05, 4.69) is 33.0 Å². The van der Waals surface area contributed by atoms with Gasteiger partial charge >= 0.3 is 0 Å². The molecule has 3 aliphatic heterocycles. The second-order valence-electron chi connectivity index (χ2n) is 9.74. The third-order valence-corrected chi connectivity index (χ3v) is 7.43. The molecule has 33 heavy (non-hydrogen) atoms. The number of aromatic nitrogens is 2. The van der Waals surface area contributed by atoms with Gasteiger partial charge in [0, 0.05) is 63.1 Å². The molecule has 4 heterocycles. The van der Waals surface area contributed by atoms with Crippen molar-refractivity contribution in [2.75, 3.05) is 63.8 Å². The van der Waals surface area contributed by atoms with Gasteiger partial charge in [-0.05, 0) is 31.6 Å². The van der Waals surface area contributed by atoms with E-state index in [1.165, 1.54) is 0 Å². The van der Waals surface area contributed by atoms with Crippen molar-refractivity contribution in [2.45, 2.75) is 32.6 Å². The Bertz CT molecular complexity index is 1010. The van der Waals surface area contributed by atoms with Crippen LogP contribution >= 0.6 is 0 Å². The zero-order valence-electron chi connectivity index (χ0n) is 19.6. The number of likely N-dealkylation sites (tertiary alicyclic amines) is 1. The number of fused-ring (bicyclic) bond motifs is 1. The molecule has 8 heteroatoms. The maximum absolute atomic E-state index is 13.4. The predicted octanol–water partition coefficient (Wildman–Crippen LogP) is 2.25. The van der Waals surface area contributed by atoms with Crippen LogP contribution in [0.25, 0.3) is 10.8 Å². The summed E-state index contributed by atoms with van der Waals surface area (Å²) in [6.45, 7) is 9.10. The largest absolute Gasteiger partial charge is 0.355 e. The molecule has 2 amide bonds. The second kappa shape index (κ2) is 9.63. The molecular weight excluding hydrogens is 416 g/mol. The van der Waals surface area contributed by atoms with Crippen molar-refractivity contribution in [3.63, 3.8) is 0 Å². The van der Waals surface area contributed by atoms with Crippen molar-refractivity contribution in [2.24, 2.45) is 5.92 Å². The minimum absolute atomic E-state index is 0.0666. The molecule has 0 radical (unpaired) electrons. The topological polar surface area (TPSA) is 72.9 Å². The lowest BCUT2D eigenvalue weighted by atomic mass is 9.99. The van der Waals surface area contributed by atoms with Crippen LogP contribution in [0.3, 0.4) is 0 Å². The average Bonchev–Trinajstić information content (AvgIpc) is 3.39. The van der Waals surface area contributed by atoms with Crippen molar-refractivity contribution < 1.29 is 9.59 Å². The van der Waals surface area contributed by atoms with E-state index < -0.39 is 0 Å². The first-order valence-electron chi connectivity index (χ1n) is 12.4. The molecule has 8 nitrogen and oxygen atoms in total. The smallest absolute Gasteiger partial charge is 0.275 e. The molecule has 1 aromatic carbocycles. The van der Waals surface area contributed by atoms with Gasteiger partial charge in [-0.15, -0.1) is 10.2 Å². The van der Waals surface area contributed by atoms with Gasteiger partial charge in [0.25, 0.3) is 5.91 Å². The van der Waals surface area contributed by atoms with Gasteiger partial charge in [-0.25, -0.2) is 0 Å². The first-order valence-corrected chi connectivity index (χ1v) is 12.4. The van der Waals surface area contributed by atoms with Crippen LogP contribution in [0.4, 0.5) is 5.82 Å². The Morgan fingerprint density at radius 3 is 2.21 bits per heavy atom. The molecule has 0 saturated carbocycles. The summed E-state index contributed by atoms with van der Waals surface area (Å²) >= 11 is 0. The first-order chi connectivity index (χ1) is 16.1. The van der Waals surface area contributed by atoms with Crippen molar-refractivity contribution in [3.8, 4) is 0 Å². The van der Waals surface area contributed by atoms with Gasteiger partial charge in [0.1, 0.15) is 0 Å². The summed E-state index contributed by atoms with van der Waals surface area (Å²) in [6, 6.07) is 8.00. The number of rotatable bonds is 4. The number of carbonyl (C=O) groups is 2. The molecule has 0 aliphatic carbocycles. The molecule has 2 aromatic rings. The fourth-order valence-electron chi connectivity index (χ4n) is 5.22. The van der Waals surface area contributed by atoms with Crippen LogP contribution < -0.4 is 4.90 Å². The molecule has 3 saturated heterocycles. The number of anilines is 1. The maximum atomic E-state index is 13.4. The Hall–Kier alpha value is -2.74. The van der Waals surface area contributed by atoms with Crippen molar-refractivity contribution in [3.05, 3.63) is 30.0 Å². The highest BCUT2D eigenvalue weighted by Crippen LogP contribution is 2.29. The van der Waals surface area contributed by atoms with Crippen molar-refractivity contribution >= 4 is 28.4 Å². The highest BCUT2D eigenvalue weighted by atomic mass is 16.2. The Kier molecular flexibility index (Phi) is 6.44. The number of piperazine rings is 1. The Morgan fingerprint density at radius 1 is 0.848 bits per heavy atom. The summed E-state index contributed by atoms with van der Waals surface area (Å²) in [5.74, 6) is 1.78. The molecule has 1 aromatic heterocycles. The third kappa shape index (κ3) is 4.67. The van der Waals surface area contributed by atoms with E-state index in [9.17, 15) is 9.59 Å². The number of piperidine rings is 1. The maximum Gasteiger partial charge on any atom is 0.275 e. The summed E-state index contributed by atoms with van der Waals surface area (Å²) in [4.78, 5) is 34.1. The molecule has 3 fully saturated rings. The molecule has 0 atom stereocenters. The van der Waals surface area contributed by atoms with E-state index in [1.807, 2.05) is 28.0 Å². The average molecular weight is 451 g/mol. The highest BCUT2D eigenvalue weighted by Gasteiger charge is 2.28. The molecular formula is C25H34N6O2. The van der Waals surface area contributed by atoms with E-state index in [4.69, 9.17) is 0 Å². The van der Waals surface area contributed by atoms with E-state index >= 15 is 0 Å². The first kappa shape index (κ1) is 22.1. The van der Waals surface area contributed by atoms with E-state index in [0.29, 0.717) is 38.4 Å². The molecule has 0 N–H and O–H groups in total. The normalized spacial score (nSPS) is 20.6. The third-order valence-electron chi connectivity index (χ3n) is 7.43. The second-order valence-corrected chi connectivity index (χ2v) is 9.74. The number of carbonyl (C=O) groups excluding carboxylic acids is 2. The molecule has 3 aliphatic rings. The van der Waals surface area contributed by atoms with Crippen LogP contribution in [0, 0.1) is 5.92 Å². The van der Waals surface area contributed by atoms with Crippen LogP contribution in [0.15, 0.2) is 24.3 Å². The van der Waals surface area contributed by atoms with Crippen molar-refractivity contribution in [1.29, 1.82) is 0 Å². The summed E-state index contributed by atoms with van der Waals surface area (Å²) in [5.41, 5.74) is 0.432. The van der Waals surface area contributed by atoms with Gasteiger partial charge < -0.3 is 14.7 Å². The van der Waals surface area contributed by atoms with Crippen LogP contribution in [0.2, 0.25) is 0 Å². The number of nitrogens with zero attached hydrogens (tertiary/aromatic N) is 6. The monoisotopic (exact) mass is 450 g/mol. The van der Waals surface area contributed by atoms with E-state index in [-0.39, 0.29) is 11.8 Å². The van der Waals surface area contributed by atoms with E-state index in [1.54, 1.807) is 0 Å². The Labute approximate surface area is 195 Å². The minimum atomic E-state index is -0.0666. The predicted molar refractivity (Wildman–Crippen MR) is 128 cm³/mol. The fourth-order valence-corrected chi connectivity index (χ4v) is 5.22.